The van der Waals surface area contributed by atoms with Gasteiger partial charge in [-0.1, -0.05) is 43.2 Å². The second-order valence-electron chi connectivity index (χ2n) is 7.81. The Morgan fingerprint density at radius 1 is 1.28 bits per heavy atom. The van der Waals surface area contributed by atoms with E-state index in [1.54, 1.807) is 0 Å². The molecule has 2 rings (SSSR count). The van der Waals surface area contributed by atoms with Crippen molar-refractivity contribution in [1.29, 1.82) is 0 Å². The van der Waals surface area contributed by atoms with Crippen LogP contribution in [0.4, 0.5) is 5.95 Å². The van der Waals surface area contributed by atoms with Crippen LogP contribution in [0.5, 0.6) is 0 Å². The summed E-state index contributed by atoms with van der Waals surface area (Å²) in [6.45, 7) is 6.92. The van der Waals surface area contributed by atoms with E-state index in [9.17, 15) is 5.11 Å². The van der Waals surface area contributed by atoms with E-state index in [0.29, 0.717) is 18.0 Å². The van der Waals surface area contributed by atoms with Crippen LogP contribution in [0.15, 0.2) is 29.3 Å². The molecule has 0 aliphatic rings. The minimum absolute atomic E-state index is 0.279. The van der Waals surface area contributed by atoms with Gasteiger partial charge in [0.15, 0.2) is 0 Å². The molecule has 2 N–H and O–H groups in total. The van der Waals surface area contributed by atoms with Gasteiger partial charge in [0.25, 0.3) is 0 Å². The first kappa shape index (κ1) is 23.2. The maximum Gasteiger partial charge on any atom is 0.203 e. The van der Waals surface area contributed by atoms with Crippen LogP contribution in [-0.4, -0.2) is 59.5 Å². The molecule has 0 spiro atoms. The molecule has 0 fully saturated rings. The molecule has 0 aliphatic heterocycles. The zero-order valence-corrected chi connectivity index (χ0v) is 19.2. The summed E-state index contributed by atoms with van der Waals surface area (Å²) in [7, 11) is 6.01. The number of aliphatic hydroxyl groups is 1. The van der Waals surface area contributed by atoms with Gasteiger partial charge in [-0.2, -0.15) is 0 Å². The van der Waals surface area contributed by atoms with Crippen molar-refractivity contribution < 1.29 is 5.11 Å². The maximum atomic E-state index is 10.5. The van der Waals surface area contributed by atoms with Crippen molar-refractivity contribution in [2.75, 3.05) is 32.6 Å². The smallest absolute Gasteiger partial charge is 0.203 e. The van der Waals surface area contributed by atoms with Crippen molar-refractivity contribution in [2.45, 2.75) is 52.2 Å². The fourth-order valence-corrected chi connectivity index (χ4v) is 3.30. The van der Waals surface area contributed by atoms with E-state index >= 15 is 0 Å². The van der Waals surface area contributed by atoms with Crippen LogP contribution in [0, 0.1) is 0 Å². The molecule has 7 heteroatoms. The van der Waals surface area contributed by atoms with Crippen molar-refractivity contribution in [3.63, 3.8) is 0 Å². The molecule has 160 valence electrons. The predicted molar refractivity (Wildman–Crippen MR) is 124 cm³/mol. The summed E-state index contributed by atoms with van der Waals surface area (Å²) in [6, 6.07) is 3.96. The molecule has 1 aromatic carbocycles. The van der Waals surface area contributed by atoms with Crippen LogP contribution in [0.1, 0.15) is 51.7 Å². The van der Waals surface area contributed by atoms with Crippen molar-refractivity contribution in [3.8, 4) is 0 Å². The standard InChI is InChI=1S/C22H34ClN5O/c1-7-10-18(29)16-12-13-17(23)21-20(16)25-22(26-21)28(6)14-9-8-11-19(27(4)5)24-15(2)3/h8-9,12-13,15,18,29H,7,10-11,14H2,1-6H3,(H,25,26)/b9-8-,24-19?. The van der Waals surface area contributed by atoms with Gasteiger partial charge in [-0.15, -0.1) is 0 Å². The quantitative estimate of drug-likeness (QED) is 0.348. The summed E-state index contributed by atoms with van der Waals surface area (Å²) in [4.78, 5) is 16.8. The summed E-state index contributed by atoms with van der Waals surface area (Å²) in [5.41, 5.74) is 2.32. The summed E-state index contributed by atoms with van der Waals surface area (Å²) in [5.74, 6) is 1.79. The van der Waals surface area contributed by atoms with Crippen LogP contribution < -0.4 is 4.90 Å². The molecule has 0 amide bonds. The number of benzene rings is 1. The number of H-pyrrole nitrogens is 1. The number of hydrogen-bond donors (Lipinski definition) is 2. The van der Waals surface area contributed by atoms with E-state index in [4.69, 9.17) is 16.6 Å². The molecule has 0 aliphatic carbocycles. The predicted octanol–water partition coefficient (Wildman–Crippen LogP) is 4.80. The van der Waals surface area contributed by atoms with Gasteiger partial charge in [-0.25, -0.2) is 4.98 Å². The molecule has 1 unspecified atom stereocenters. The fourth-order valence-electron chi connectivity index (χ4n) is 3.10. The number of imidazole rings is 1. The molecular weight excluding hydrogens is 386 g/mol. The number of amidine groups is 1. The Bertz CT molecular complexity index is 856. The number of aliphatic hydroxyl groups excluding tert-OH is 1. The van der Waals surface area contributed by atoms with Gasteiger partial charge in [0.2, 0.25) is 5.95 Å². The van der Waals surface area contributed by atoms with Crippen LogP contribution in [0.2, 0.25) is 5.02 Å². The van der Waals surface area contributed by atoms with Crippen LogP contribution in [0.25, 0.3) is 11.0 Å². The summed E-state index contributed by atoms with van der Waals surface area (Å²) < 4.78 is 0. The van der Waals surface area contributed by atoms with E-state index in [-0.39, 0.29) is 6.04 Å². The molecule has 0 saturated heterocycles. The van der Waals surface area contributed by atoms with E-state index in [1.165, 1.54) is 0 Å². The van der Waals surface area contributed by atoms with Crippen molar-refractivity contribution in [2.24, 2.45) is 4.99 Å². The van der Waals surface area contributed by atoms with Gasteiger partial charge in [-0.05, 0) is 26.3 Å². The average molecular weight is 420 g/mol. The Kier molecular flexibility index (Phi) is 8.53. The van der Waals surface area contributed by atoms with Crippen LogP contribution in [0.3, 0.4) is 0 Å². The van der Waals surface area contributed by atoms with Crippen LogP contribution in [-0.2, 0) is 0 Å². The monoisotopic (exact) mass is 419 g/mol. The number of aliphatic imine (C=N–C) groups is 1. The van der Waals surface area contributed by atoms with Gasteiger partial charge in [0, 0.05) is 45.7 Å². The third kappa shape index (κ3) is 6.21. The molecular formula is C22H34ClN5O. The molecule has 2 aromatic rings. The third-order valence-corrected chi connectivity index (χ3v) is 4.98. The number of aromatic nitrogens is 2. The van der Waals surface area contributed by atoms with Gasteiger partial charge in [-0.3, -0.25) is 4.99 Å². The minimum Gasteiger partial charge on any atom is -0.388 e. The Hall–Kier alpha value is -2.05. The van der Waals surface area contributed by atoms with Gasteiger partial charge in [0.1, 0.15) is 5.84 Å². The number of anilines is 1. The Morgan fingerprint density at radius 2 is 2.00 bits per heavy atom. The fraction of sp³-hybridized carbons (Fsp3) is 0.545. The van der Waals surface area contributed by atoms with Crippen molar-refractivity contribution in [1.82, 2.24) is 14.9 Å². The third-order valence-electron chi connectivity index (χ3n) is 4.67. The highest BCUT2D eigenvalue weighted by Crippen LogP contribution is 2.31. The Balaban J connectivity index is 2.14. The van der Waals surface area contributed by atoms with Gasteiger partial charge >= 0.3 is 0 Å². The average Bonchev–Trinajstić information content (AvgIpc) is 3.10. The van der Waals surface area contributed by atoms with E-state index in [1.807, 2.05) is 38.2 Å². The Labute approximate surface area is 179 Å². The Morgan fingerprint density at radius 3 is 2.62 bits per heavy atom. The van der Waals surface area contributed by atoms with Crippen molar-refractivity contribution in [3.05, 3.63) is 34.9 Å². The van der Waals surface area contributed by atoms with E-state index < -0.39 is 6.10 Å². The number of aromatic amines is 1. The minimum atomic E-state index is -0.536. The molecule has 1 heterocycles. The summed E-state index contributed by atoms with van der Waals surface area (Å²) in [5, 5.41) is 11.1. The zero-order valence-electron chi connectivity index (χ0n) is 18.4. The van der Waals surface area contributed by atoms with E-state index in [0.717, 1.165) is 41.2 Å². The number of nitrogens with zero attached hydrogens (tertiary/aromatic N) is 4. The van der Waals surface area contributed by atoms with Gasteiger partial charge < -0.3 is 19.9 Å². The summed E-state index contributed by atoms with van der Waals surface area (Å²) in [6.07, 6.45) is 6.10. The number of halogens is 1. The zero-order chi connectivity index (χ0) is 21.6. The van der Waals surface area contributed by atoms with E-state index in [2.05, 4.69) is 47.8 Å². The number of likely N-dealkylation sites (N-methyl/N-ethyl adjacent to an activating group) is 1. The molecule has 0 saturated carbocycles. The normalized spacial score (nSPS) is 13.6. The first-order valence-electron chi connectivity index (χ1n) is 10.2. The maximum absolute atomic E-state index is 10.5. The van der Waals surface area contributed by atoms with Crippen LogP contribution >= 0.6 is 11.6 Å². The first-order valence-corrected chi connectivity index (χ1v) is 10.6. The molecule has 1 aromatic heterocycles. The molecule has 1 atom stereocenters. The lowest BCUT2D eigenvalue weighted by Crippen LogP contribution is -2.23. The number of nitrogens with one attached hydrogen (secondary N) is 1. The van der Waals surface area contributed by atoms with Crippen molar-refractivity contribution >= 4 is 34.4 Å². The molecule has 6 nitrogen and oxygen atoms in total. The molecule has 29 heavy (non-hydrogen) atoms. The lowest BCUT2D eigenvalue weighted by atomic mass is 10.0. The molecule has 0 bridgehead atoms. The SMILES string of the molecule is CCCC(O)c1ccc(Cl)c2[nH]c(N(C)C/C=C\CC(=NC(C)C)N(C)C)nc12. The number of rotatable bonds is 9. The van der Waals surface area contributed by atoms with Gasteiger partial charge in [0.05, 0.1) is 22.2 Å². The summed E-state index contributed by atoms with van der Waals surface area (Å²) >= 11 is 6.36. The highest BCUT2D eigenvalue weighted by molar-refractivity contribution is 6.35. The lowest BCUT2D eigenvalue weighted by Gasteiger charge is -2.16. The second kappa shape index (κ2) is 10.6. The largest absolute Gasteiger partial charge is 0.388 e. The molecule has 0 radical (unpaired) electrons. The first-order chi connectivity index (χ1) is 13.7. The topological polar surface area (TPSA) is 67.8 Å². The lowest BCUT2D eigenvalue weighted by molar-refractivity contribution is 0.168. The number of fused-ring (bicyclic) bond motifs is 1. The highest BCUT2D eigenvalue weighted by atomic mass is 35.5. The second-order valence-corrected chi connectivity index (χ2v) is 8.22. The number of hydrogen-bond acceptors (Lipinski definition) is 4. The highest BCUT2D eigenvalue weighted by Gasteiger charge is 2.17.